The van der Waals surface area contributed by atoms with Gasteiger partial charge >= 0.3 is 6.18 Å². The van der Waals surface area contributed by atoms with Crippen molar-refractivity contribution < 1.29 is 22.8 Å². The summed E-state index contributed by atoms with van der Waals surface area (Å²) in [5.74, 6) is -0.0457. The van der Waals surface area contributed by atoms with Gasteiger partial charge in [-0.1, -0.05) is 32.9 Å². The number of benzene rings is 1. The highest BCUT2D eigenvalue weighted by Gasteiger charge is 2.59. The quantitative estimate of drug-likeness (QED) is 0.870. The maximum Gasteiger partial charge on any atom is 0.416 e. The summed E-state index contributed by atoms with van der Waals surface area (Å²) < 4.78 is 38.1. The van der Waals surface area contributed by atoms with E-state index in [9.17, 15) is 22.8 Å². The average molecular weight is 368 g/mol. The third-order valence-corrected chi connectivity index (χ3v) is 5.66. The van der Waals surface area contributed by atoms with Crippen LogP contribution in [0.5, 0.6) is 0 Å². The lowest BCUT2D eigenvalue weighted by Gasteiger charge is -2.58. The summed E-state index contributed by atoms with van der Waals surface area (Å²) in [7, 11) is 0. The van der Waals surface area contributed by atoms with Crippen molar-refractivity contribution in [2.45, 2.75) is 51.9 Å². The van der Waals surface area contributed by atoms with E-state index in [4.69, 9.17) is 0 Å². The van der Waals surface area contributed by atoms with Crippen molar-refractivity contribution in [3.8, 4) is 0 Å². The Hall–Kier alpha value is -2.05. The second kappa shape index (κ2) is 5.99. The van der Waals surface area contributed by atoms with Crippen molar-refractivity contribution in [2.75, 3.05) is 6.54 Å². The zero-order valence-corrected chi connectivity index (χ0v) is 15.1. The average Bonchev–Trinajstić information content (AvgIpc) is 2.48. The molecule has 1 N–H and O–H groups in total. The molecule has 1 saturated heterocycles. The summed E-state index contributed by atoms with van der Waals surface area (Å²) in [5, 5.41) is 2.66. The minimum absolute atomic E-state index is 0.0338. The molecule has 1 aliphatic carbocycles. The number of rotatable bonds is 2. The molecule has 26 heavy (non-hydrogen) atoms. The van der Waals surface area contributed by atoms with Crippen LogP contribution < -0.4 is 5.32 Å². The number of amides is 2. The number of hydrogen-bond acceptors (Lipinski definition) is 2. The van der Waals surface area contributed by atoms with Crippen molar-refractivity contribution in [3.63, 3.8) is 0 Å². The van der Waals surface area contributed by atoms with Crippen molar-refractivity contribution in [2.24, 2.45) is 11.3 Å². The molecule has 0 unspecified atom stereocenters. The molecule has 1 saturated carbocycles. The number of alkyl halides is 3. The number of nitrogens with one attached hydrogen (secondary N) is 1. The second-order valence-corrected chi connectivity index (χ2v) is 8.36. The fraction of sp³-hybridized carbons (Fsp3) is 0.579. The Morgan fingerprint density at radius 1 is 1.12 bits per heavy atom. The Morgan fingerprint density at radius 2 is 1.69 bits per heavy atom. The molecule has 0 radical (unpaired) electrons. The van der Waals surface area contributed by atoms with Crippen molar-refractivity contribution >= 4 is 11.8 Å². The number of piperazine rings is 1. The van der Waals surface area contributed by atoms with E-state index in [0.717, 1.165) is 12.1 Å². The van der Waals surface area contributed by atoms with Gasteiger partial charge in [-0.05, 0) is 41.9 Å². The maximum atomic E-state index is 12.7. The van der Waals surface area contributed by atoms with Crippen LogP contribution in [0, 0.1) is 11.3 Å². The molecule has 2 aliphatic rings. The highest BCUT2D eigenvalue weighted by molar-refractivity contribution is 5.98. The molecule has 0 atom stereocenters. The van der Waals surface area contributed by atoms with Gasteiger partial charge < -0.3 is 10.2 Å². The van der Waals surface area contributed by atoms with Crippen molar-refractivity contribution in [3.05, 3.63) is 35.4 Å². The molecule has 1 aromatic carbocycles. The van der Waals surface area contributed by atoms with Gasteiger partial charge in [-0.25, -0.2) is 0 Å². The summed E-state index contributed by atoms with van der Waals surface area (Å²) in [6.07, 6.45) is -3.24. The van der Waals surface area contributed by atoms with Crippen LogP contribution in [0.25, 0.3) is 0 Å². The van der Waals surface area contributed by atoms with Gasteiger partial charge in [-0.2, -0.15) is 13.2 Å². The first-order valence-corrected chi connectivity index (χ1v) is 8.68. The van der Waals surface area contributed by atoms with Gasteiger partial charge in [0.1, 0.15) is 5.54 Å². The van der Waals surface area contributed by atoms with E-state index in [1.807, 2.05) is 0 Å². The minimum atomic E-state index is -4.39. The highest BCUT2D eigenvalue weighted by Crippen LogP contribution is 2.51. The Morgan fingerprint density at radius 3 is 2.19 bits per heavy atom. The van der Waals surface area contributed by atoms with E-state index in [1.54, 1.807) is 4.90 Å². The van der Waals surface area contributed by atoms with Gasteiger partial charge in [-0.3, -0.25) is 9.59 Å². The smallest absolute Gasteiger partial charge is 0.345 e. The summed E-state index contributed by atoms with van der Waals surface area (Å²) in [6, 6.07) is 4.76. The SMILES string of the molecule is CC(C)(C)C1CC2(C1)C(=O)NCC(=O)N2Cc1ccc(C(F)(F)F)cc1. The Kier molecular flexibility index (Phi) is 4.32. The van der Waals surface area contributed by atoms with E-state index < -0.39 is 17.3 Å². The topological polar surface area (TPSA) is 49.4 Å². The first-order chi connectivity index (χ1) is 11.9. The van der Waals surface area contributed by atoms with Gasteiger partial charge in [0.15, 0.2) is 0 Å². The zero-order chi connectivity index (χ0) is 19.3. The molecule has 4 nitrogen and oxygen atoms in total. The van der Waals surface area contributed by atoms with Gasteiger partial charge in [-0.15, -0.1) is 0 Å². The standard InChI is InChI=1S/C19H23F3N2O2/c1-17(2,3)14-8-18(9-14)16(26)23-10-15(25)24(18)11-12-4-6-13(7-5-12)19(20,21)22/h4-7,14H,8-11H2,1-3H3,(H,23,26). The van der Waals surface area contributed by atoms with E-state index >= 15 is 0 Å². The van der Waals surface area contributed by atoms with E-state index in [0.29, 0.717) is 24.3 Å². The van der Waals surface area contributed by atoms with Crippen LogP contribution in [-0.4, -0.2) is 28.8 Å². The molecule has 1 spiro atoms. The number of nitrogens with zero attached hydrogens (tertiary/aromatic N) is 1. The molecule has 0 aromatic heterocycles. The minimum Gasteiger partial charge on any atom is -0.345 e. The van der Waals surface area contributed by atoms with E-state index in [-0.39, 0.29) is 30.3 Å². The molecule has 2 amide bonds. The van der Waals surface area contributed by atoms with Crippen molar-refractivity contribution in [1.29, 1.82) is 0 Å². The molecule has 1 aromatic rings. The van der Waals surface area contributed by atoms with E-state index in [2.05, 4.69) is 26.1 Å². The van der Waals surface area contributed by atoms with Crippen LogP contribution in [0.1, 0.15) is 44.7 Å². The number of hydrogen-bond donors (Lipinski definition) is 1. The predicted octanol–water partition coefficient (Wildman–Crippen LogP) is 3.36. The van der Waals surface area contributed by atoms with Crippen molar-refractivity contribution in [1.82, 2.24) is 10.2 Å². The summed E-state index contributed by atoms with van der Waals surface area (Å²) in [4.78, 5) is 26.6. The first-order valence-electron chi connectivity index (χ1n) is 8.68. The highest BCUT2D eigenvalue weighted by atomic mass is 19.4. The molecule has 1 heterocycles. The molecule has 3 rings (SSSR count). The lowest BCUT2D eigenvalue weighted by Crippen LogP contribution is -2.72. The third kappa shape index (κ3) is 3.19. The van der Waals surface area contributed by atoms with E-state index in [1.165, 1.54) is 12.1 Å². The molecule has 1 aliphatic heterocycles. The van der Waals surface area contributed by atoms with Gasteiger partial charge in [0.05, 0.1) is 12.1 Å². The van der Waals surface area contributed by atoms with Crippen LogP contribution in [0.4, 0.5) is 13.2 Å². The normalized spacial score (nSPS) is 26.7. The maximum absolute atomic E-state index is 12.7. The van der Waals surface area contributed by atoms with Gasteiger partial charge in [0.2, 0.25) is 11.8 Å². The fourth-order valence-corrected chi connectivity index (χ4v) is 3.77. The third-order valence-electron chi connectivity index (χ3n) is 5.66. The van der Waals surface area contributed by atoms with Crippen LogP contribution in [0.3, 0.4) is 0 Å². The van der Waals surface area contributed by atoms with Gasteiger partial charge in [0.25, 0.3) is 0 Å². The molecule has 2 fully saturated rings. The lowest BCUT2D eigenvalue weighted by molar-refractivity contribution is -0.169. The number of carbonyl (C=O) groups is 2. The van der Waals surface area contributed by atoms with Crippen LogP contribution in [0.15, 0.2) is 24.3 Å². The first kappa shape index (κ1) is 18.7. The van der Waals surface area contributed by atoms with Crippen LogP contribution in [0.2, 0.25) is 0 Å². The van der Waals surface area contributed by atoms with Crippen LogP contribution >= 0.6 is 0 Å². The zero-order valence-electron chi connectivity index (χ0n) is 15.1. The monoisotopic (exact) mass is 368 g/mol. The predicted molar refractivity (Wildman–Crippen MR) is 89.9 cm³/mol. The number of halogens is 3. The summed E-state index contributed by atoms with van der Waals surface area (Å²) >= 11 is 0. The Balaban J connectivity index is 1.82. The Bertz CT molecular complexity index is 714. The summed E-state index contributed by atoms with van der Waals surface area (Å²) in [5.41, 5.74) is -0.989. The second-order valence-electron chi connectivity index (χ2n) is 8.36. The molecule has 0 bridgehead atoms. The molecular formula is C19H23F3N2O2. The largest absolute Gasteiger partial charge is 0.416 e. The molecular weight excluding hydrogens is 345 g/mol. The summed E-state index contributed by atoms with van der Waals surface area (Å²) in [6.45, 7) is 6.39. The Labute approximate surface area is 150 Å². The molecule has 142 valence electrons. The van der Waals surface area contributed by atoms with Gasteiger partial charge in [0, 0.05) is 6.54 Å². The van der Waals surface area contributed by atoms with Crippen LogP contribution in [-0.2, 0) is 22.3 Å². The lowest BCUT2D eigenvalue weighted by atomic mass is 9.57. The number of carbonyl (C=O) groups excluding carboxylic acids is 2. The fourth-order valence-electron chi connectivity index (χ4n) is 3.77. The molecule has 7 heteroatoms.